The lowest BCUT2D eigenvalue weighted by molar-refractivity contribution is 0.0620. The molecule has 0 radical (unpaired) electrons. The SMILES string of the molecule is O=C(N[C@@H]1CN2CCC1CC2)c1ccc2ocnc2c1. The van der Waals surface area contributed by atoms with E-state index in [4.69, 9.17) is 4.42 Å². The molecule has 0 spiro atoms. The summed E-state index contributed by atoms with van der Waals surface area (Å²) in [6.07, 6.45) is 3.81. The van der Waals surface area contributed by atoms with Gasteiger partial charge in [0.2, 0.25) is 0 Å². The van der Waals surface area contributed by atoms with Crippen molar-refractivity contribution in [3.8, 4) is 0 Å². The topological polar surface area (TPSA) is 58.4 Å². The highest BCUT2D eigenvalue weighted by atomic mass is 16.3. The average molecular weight is 271 g/mol. The lowest BCUT2D eigenvalue weighted by atomic mass is 9.84. The second-order valence-corrected chi connectivity index (χ2v) is 5.75. The highest BCUT2D eigenvalue weighted by molar-refractivity contribution is 5.97. The number of aromatic nitrogens is 1. The molecule has 5 rings (SSSR count). The van der Waals surface area contributed by atoms with E-state index >= 15 is 0 Å². The maximum atomic E-state index is 12.4. The van der Waals surface area contributed by atoms with Crippen LogP contribution in [0.3, 0.4) is 0 Å². The third-order valence-electron chi connectivity index (χ3n) is 4.57. The second kappa shape index (κ2) is 4.59. The summed E-state index contributed by atoms with van der Waals surface area (Å²) < 4.78 is 5.19. The lowest BCUT2D eigenvalue weighted by Crippen LogP contribution is -2.57. The van der Waals surface area contributed by atoms with E-state index in [-0.39, 0.29) is 11.9 Å². The molecule has 0 saturated carbocycles. The molecule has 3 aliphatic heterocycles. The average Bonchev–Trinajstić information content (AvgIpc) is 2.96. The van der Waals surface area contributed by atoms with E-state index in [1.54, 1.807) is 18.2 Å². The molecular weight excluding hydrogens is 254 g/mol. The van der Waals surface area contributed by atoms with Gasteiger partial charge in [0, 0.05) is 18.2 Å². The predicted octanol–water partition coefficient (Wildman–Crippen LogP) is 1.65. The van der Waals surface area contributed by atoms with E-state index in [0.717, 1.165) is 12.1 Å². The Kier molecular flexibility index (Phi) is 2.73. The van der Waals surface area contributed by atoms with Gasteiger partial charge in [0.1, 0.15) is 5.52 Å². The van der Waals surface area contributed by atoms with E-state index in [1.807, 2.05) is 0 Å². The fourth-order valence-electron chi connectivity index (χ4n) is 3.38. The standard InChI is InChI=1S/C15H17N3O2/c19-15(11-1-2-14-12(7-11)16-9-20-14)17-13-8-18-5-3-10(13)4-6-18/h1-2,7,9-10,13H,3-6,8H2,(H,17,19)/t13-/m1/s1. The number of hydrogen-bond acceptors (Lipinski definition) is 4. The summed E-state index contributed by atoms with van der Waals surface area (Å²) in [5, 5.41) is 3.18. The number of carbonyl (C=O) groups is 1. The highest BCUT2D eigenvalue weighted by Crippen LogP contribution is 2.27. The Morgan fingerprint density at radius 1 is 1.35 bits per heavy atom. The maximum absolute atomic E-state index is 12.4. The van der Waals surface area contributed by atoms with Crippen molar-refractivity contribution in [2.24, 2.45) is 5.92 Å². The zero-order valence-corrected chi connectivity index (χ0v) is 11.2. The van der Waals surface area contributed by atoms with Crippen molar-refractivity contribution in [3.63, 3.8) is 0 Å². The molecule has 104 valence electrons. The quantitative estimate of drug-likeness (QED) is 0.902. The van der Waals surface area contributed by atoms with Crippen LogP contribution in [0.25, 0.3) is 11.1 Å². The largest absolute Gasteiger partial charge is 0.443 e. The molecule has 3 aliphatic rings. The summed E-state index contributed by atoms with van der Waals surface area (Å²) in [6, 6.07) is 5.67. The summed E-state index contributed by atoms with van der Waals surface area (Å²) >= 11 is 0. The van der Waals surface area contributed by atoms with E-state index in [0.29, 0.717) is 17.1 Å². The third-order valence-corrected chi connectivity index (χ3v) is 4.57. The Labute approximate surface area is 117 Å². The first kappa shape index (κ1) is 11.9. The summed E-state index contributed by atoms with van der Waals surface area (Å²) in [4.78, 5) is 18.9. The Morgan fingerprint density at radius 2 is 2.20 bits per heavy atom. The van der Waals surface area contributed by atoms with Crippen LogP contribution in [0.1, 0.15) is 23.2 Å². The molecule has 3 fully saturated rings. The van der Waals surface area contributed by atoms with Gasteiger partial charge in [0.25, 0.3) is 5.91 Å². The van der Waals surface area contributed by atoms with Crippen LogP contribution in [0.4, 0.5) is 0 Å². The smallest absolute Gasteiger partial charge is 0.251 e. The van der Waals surface area contributed by atoms with Gasteiger partial charge in [-0.2, -0.15) is 0 Å². The zero-order chi connectivity index (χ0) is 13.5. The van der Waals surface area contributed by atoms with Crippen molar-refractivity contribution in [2.45, 2.75) is 18.9 Å². The van der Waals surface area contributed by atoms with E-state index in [2.05, 4.69) is 15.2 Å². The van der Waals surface area contributed by atoms with Gasteiger partial charge in [-0.15, -0.1) is 0 Å². The summed E-state index contributed by atoms with van der Waals surface area (Å²) in [6.45, 7) is 3.35. The highest BCUT2D eigenvalue weighted by Gasteiger charge is 2.34. The first-order valence-corrected chi connectivity index (χ1v) is 7.16. The molecule has 20 heavy (non-hydrogen) atoms. The number of amides is 1. The second-order valence-electron chi connectivity index (χ2n) is 5.75. The Morgan fingerprint density at radius 3 is 2.95 bits per heavy atom. The maximum Gasteiger partial charge on any atom is 0.251 e. The van der Waals surface area contributed by atoms with Crippen molar-refractivity contribution in [2.75, 3.05) is 19.6 Å². The number of fused-ring (bicyclic) bond motifs is 4. The monoisotopic (exact) mass is 271 g/mol. The summed E-state index contributed by atoms with van der Waals surface area (Å²) in [5.74, 6) is 0.633. The minimum atomic E-state index is -0.00588. The zero-order valence-electron chi connectivity index (χ0n) is 11.2. The van der Waals surface area contributed by atoms with E-state index in [1.165, 1.54) is 32.3 Å². The molecule has 4 heterocycles. The molecule has 0 unspecified atom stereocenters. The van der Waals surface area contributed by atoms with Crippen molar-refractivity contribution >= 4 is 17.0 Å². The molecule has 1 amide bonds. The molecule has 2 bridgehead atoms. The fourth-order valence-corrected chi connectivity index (χ4v) is 3.38. The molecule has 5 nitrogen and oxygen atoms in total. The summed E-state index contributed by atoms with van der Waals surface area (Å²) in [7, 11) is 0. The van der Waals surface area contributed by atoms with Gasteiger partial charge in [-0.3, -0.25) is 4.79 Å². The molecule has 3 saturated heterocycles. The number of carbonyl (C=O) groups excluding carboxylic acids is 1. The van der Waals surface area contributed by atoms with Gasteiger partial charge in [-0.05, 0) is 50.0 Å². The Balaban J connectivity index is 1.52. The van der Waals surface area contributed by atoms with Crippen LogP contribution < -0.4 is 5.32 Å². The number of benzene rings is 1. The first-order chi connectivity index (χ1) is 9.79. The molecule has 0 aliphatic carbocycles. The lowest BCUT2D eigenvalue weighted by Gasteiger charge is -2.44. The minimum absolute atomic E-state index is 0.00588. The van der Waals surface area contributed by atoms with Crippen molar-refractivity contribution < 1.29 is 9.21 Å². The fraction of sp³-hybridized carbons (Fsp3) is 0.467. The van der Waals surface area contributed by atoms with Gasteiger partial charge < -0.3 is 14.6 Å². The number of nitrogens with zero attached hydrogens (tertiary/aromatic N) is 2. The van der Waals surface area contributed by atoms with Crippen molar-refractivity contribution in [1.29, 1.82) is 0 Å². The van der Waals surface area contributed by atoms with Crippen LogP contribution in [-0.2, 0) is 0 Å². The number of oxazole rings is 1. The van der Waals surface area contributed by atoms with Crippen molar-refractivity contribution in [1.82, 2.24) is 15.2 Å². The van der Waals surface area contributed by atoms with Gasteiger partial charge in [-0.25, -0.2) is 4.98 Å². The van der Waals surface area contributed by atoms with Gasteiger partial charge in [-0.1, -0.05) is 0 Å². The first-order valence-electron chi connectivity index (χ1n) is 7.16. The van der Waals surface area contributed by atoms with Gasteiger partial charge in [0.15, 0.2) is 12.0 Å². The van der Waals surface area contributed by atoms with Crippen LogP contribution in [0, 0.1) is 5.92 Å². The van der Waals surface area contributed by atoms with Crippen LogP contribution in [0.15, 0.2) is 29.0 Å². The van der Waals surface area contributed by atoms with Crippen LogP contribution in [0.5, 0.6) is 0 Å². The molecular formula is C15H17N3O2. The Bertz CT molecular complexity index is 643. The molecule has 2 aromatic rings. The van der Waals surface area contributed by atoms with E-state index < -0.39 is 0 Å². The number of piperidine rings is 3. The molecule has 5 heteroatoms. The number of rotatable bonds is 2. The predicted molar refractivity (Wildman–Crippen MR) is 74.4 cm³/mol. The van der Waals surface area contributed by atoms with Crippen LogP contribution >= 0.6 is 0 Å². The van der Waals surface area contributed by atoms with Crippen molar-refractivity contribution in [3.05, 3.63) is 30.2 Å². The Hall–Kier alpha value is -1.88. The van der Waals surface area contributed by atoms with Gasteiger partial charge in [0.05, 0.1) is 0 Å². The molecule has 1 aromatic heterocycles. The molecule has 1 atom stereocenters. The van der Waals surface area contributed by atoms with Crippen LogP contribution in [-0.4, -0.2) is 41.5 Å². The minimum Gasteiger partial charge on any atom is -0.443 e. The normalized spacial score (nSPS) is 28.7. The molecule has 1 aromatic carbocycles. The number of nitrogens with one attached hydrogen (secondary N) is 1. The van der Waals surface area contributed by atoms with Crippen LogP contribution in [0.2, 0.25) is 0 Å². The van der Waals surface area contributed by atoms with E-state index in [9.17, 15) is 4.79 Å². The van der Waals surface area contributed by atoms with Gasteiger partial charge >= 0.3 is 0 Å². The summed E-state index contributed by atoms with van der Waals surface area (Å²) in [5.41, 5.74) is 2.10. The number of hydrogen-bond donors (Lipinski definition) is 1. The molecule has 1 N–H and O–H groups in total. The third kappa shape index (κ3) is 1.98.